The van der Waals surface area contributed by atoms with Gasteiger partial charge in [0.15, 0.2) is 0 Å². The highest BCUT2D eigenvalue weighted by Gasteiger charge is 2.28. The summed E-state index contributed by atoms with van der Waals surface area (Å²) in [7, 11) is 0. The fourth-order valence-corrected chi connectivity index (χ4v) is 4.81. The van der Waals surface area contributed by atoms with Crippen molar-refractivity contribution in [3.05, 3.63) is 0 Å². The number of aliphatic carboxylic acids is 3. The van der Waals surface area contributed by atoms with Crippen molar-refractivity contribution in [2.75, 3.05) is 125 Å². The molecule has 0 radical (unpaired) electrons. The molecule has 0 saturated carbocycles. The van der Waals surface area contributed by atoms with Crippen molar-refractivity contribution >= 4 is 23.8 Å². The van der Waals surface area contributed by atoms with E-state index in [4.69, 9.17) is 19.9 Å². The third kappa shape index (κ3) is 19.8. The van der Waals surface area contributed by atoms with E-state index in [1.165, 1.54) is 0 Å². The highest BCUT2D eigenvalue weighted by atomic mass is 16.5. The number of amides is 1. The summed E-state index contributed by atoms with van der Waals surface area (Å²) in [6, 6.07) is -0.926. The van der Waals surface area contributed by atoms with E-state index in [0.717, 1.165) is 13.0 Å². The Labute approximate surface area is 260 Å². The Balaban J connectivity index is 2.68. The molecule has 1 atom stereocenters. The first-order valence-corrected chi connectivity index (χ1v) is 15.4. The lowest BCUT2D eigenvalue weighted by Crippen LogP contribution is -2.51. The minimum Gasteiger partial charge on any atom is -0.480 e. The molecular weight excluding hydrogens is 580 g/mol. The van der Waals surface area contributed by atoms with Gasteiger partial charge in [-0.2, -0.15) is 0 Å². The Kier molecular flexibility index (Phi) is 22.3. The summed E-state index contributed by atoms with van der Waals surface area (Å²) in [4.78, 5) is 55.2. The van der Waals surface area contributed by atoms with E-state index >= 15 is 0 Å². The minimum absolute atomic E-state index is 0.0149. The smallest absolute Gasteiger partial charge is 0.320 e. The van der Waals surface area contributed by atoms with E-state index in [2.05, 4.69) is 10.2 Å². The quantitative estimate of drug-likeness (QED) is 0.0828. The van der Waals surface area contributed by atoms with Crippen molar-refractivity contribution in [2.45, 2.75) is 32.2 Å². The van der Waals surface area contributed by atoms with Gasteiger partial charge in [-0.05, 0) is 19.4 Å². The average Bonchev–Trinajstić information content (AvgIpc) is 2.96. The maximum absolute atomic E-state index is 12.5. The molecule has 0 bridgehead atoms. The average molecular weight is 635 g/mol. The van der Waals surface area contributed by atoms with E-state index in [0.29, 0.717) is 98.5 Å². The number of ether oxygens (including phenoxy) is 3. The Morgan fingerprint density at radius 1 is 0.727 bits per heavy atom. The second-order valence-electron chi connectivity index (χ2n) is 10.6. The van der Waals surface area contributed by atoms with Gasteiger partial charge >= 0.3 is 17.9 Å². The van der Waals surface area contributed by atoms with Crippen molar-refractivity contribution in [2.24, 2.45) is 5.73 Å². The number of carboxylic acids is 3. The number of hydrogen-bond donors (Lipinski definition) is 5. The largest absolute Gasteiger partial charge is 0.480 e. The van der Waals surface area contributed by atoms with Crippen LogP contribution in [0.5, 0.6) is 0 Å². The fourth-order valence-electron chi connectivity index (χ4n) is 4.81. The SMILES string of the molecule is CCCN1CCN(CC(=O)O)CCN(CC(=O)O)CCN(C(CCC(=O)NCCOCCOCCOCCN)C(=O)O)CC1. The van der Waals surface area contributed by atoms with E-state index in [1.807, 2.05) is 11.8 Å². The highest BCUT2D eigenvalue weighted by molar-refractivity contribution is 5.78. The van der Waals surface area contributed by atoms with Gasteiger partial charge in [0.1, 0.15) is 6.04 Å². The predicted octanol–water partition coefficient (Wildman–Crippen LogP) is -1.85. The molecule has 16 heteroatoms. The lowest BCUT2D eigenvalue weighted by Gasteiger charge is -2.35. The molecule has 0 aromatic carbocycles. The van der Waals surface area contributed by atoms with Crippen LogP contribution < -0.4 is 11.1 Å². The van der Waals surface area contributed by atoms with Crippen molar-refractivity contribution < 1.29 is 48.7 Å². The molecule has 0 aromatic rings. The topological polar surface area (TPSA) is 208 Å². The summed E-state index contributed by atoms with van der Waals surface area (Å²) in [5.74, 6) is -3.28. The molecule has 1 aliphatic rings. The summed E-state index contributed by atoms with van der Waals surface area (Å²) in [6.45, 7) is 9.02. The zero-order valence-corrected chi connectivity index (χ0v) is 26.2. The Bertz CT molecular complexity index is 824. The van der Waals surface area contributed by atoms with Crippen LogP contribution in [0.3, 0.4) is 0 Å². The number of hydrogen-bond acceptors (Lipinski definition) is 12. The monoisotopic (exact) mass is 634 g/mol. The minimum atomic E-state index is -1.04. The molecule has 1 heterocycles. The van der Waals surface area contributed by atoms with Crippen LogP contribution in [0.2, 0.25) is 0 Å². The van der Waals surface area contributed by atoms with Crippen molar-refractivity contribution in [3.8, 4) is 0 Å². The van der Waals surface area contributed by atoms with E-state index in [1.54, 1.807) is 9.80 Å². The van der Waals surface area contributed by atoms with Gasteiger partial charge in [0.25, 0.3) is 0 Å². The van der Waals surface area contributed by atoms with Gasteiger partial charge in [-0.25, -0.2) is 0 Å². The molecule has 44 heavy (non-hydrogen) atoms. The second-order valence-corrected chi connectivity index (χ2v) is 10.6. The van der Waals surface area contributed by atoms with Gasteiger partial charge in [0.05, 0.1) is 52.7 Å². The molecule has 0 aliphatic carbocycles. The summed E-state index contributed by atoms with van der Waals surface area (Å²) >= 11 is 0. The number of carbonyl (C=O) groups is 4. The molecule has 1 amide bonds. The zero-order valence-electron chi connectivity index (χ0n) is 26.2. The number of rotatable bonds is 22. The molecule has 1 unspecified atom stereocenters. The van der Waals surface area contributed by atoms with Crippen molar-refractivity contribution in [3.63, 3.8) is 0 Å². The summed E-state index contributed by atoms with van der Waals surface area (Å²) < 4.78 is 16.0. The molecule has 1 rings (SSSR count). The van der Waals surface area contributed by atoms with Crippen LogP contribution in [-0.4, -0.2) is 189 Å². The Morgan fingerprint density at radius 3 is 1.70 bits per heavy atom. The van der Waals surface area contributed by atoms with Gasteiger partial charge in [-0.1, -0.05) is 6.92 Å². The standard InChI is InChI=1S/C28H54N6O10/c1-2-7-31-8-9-32(22-26(36)37)10-11-33(23-27(38)39)13-15-34(14-12-31)24(28(40)41)3-4-25(35)30-6-17-43-19-21-44-20-18-42-16-5-29/h24H,2-23,29H2,1H3,(H,30,35)(H,36,37)(H,38,39)(H,40,41). The number of carboxylic acid groups (broad SMARTS) is 3. The number of nitrogens with one attached hydrogen (secondary N) is 1. The predicted molar refractivity (Wildman–Crippen MR) is 162 cm³/mol. The number of carbonyl (C=O) groups excluding carboxylic acids is 1. The fraction of sp³-hybridized carbons (Fsp3) is 0.857. The van der Waals surface area contributed by atoms with Crippen molar-refractivity contribution in [1.29, 1.82) is 0 Å². The van der Waals surface area contributed by atoms with Gasteiger partial charge in [0, 0.05) is 71.9 Å². The van der Waals surface area contributed by atoms with E-state index < -0.39 is 23.9 Å². The molecule has 0 aromatic heterocycles. The van der Waals surface area contributed by atoms with E-state index in [-0.39, 0.29) is 38.4 Å². The lowest BCUT2D eigenvalue weighted by atomic mass is 10.1. The first-order chi connectivity index (χ1) is 21.2. The van der Waals surface area contributed by atoms with Crippen LogP contribution in [0, 0.1) is 0 Å². The van der Waals surface area contributed by atoms with Crippen LogP contribution >= 0.6 is 0 Å². The number of nitrogens with zero attached hydrogens (tertiary/aromatic N) is 4. The third-order valence-electron chi connectivity index (χ3n) is 7.07. The highest BCUT2D eigenvalue weighted by Crippen LogP contribution is 2.11. The maximum atomic E-state index is 12.5. The van der Waals surface area contributed by atoms with Gasteiger partial charge < -0.3 is 45.5 Å². The lowest BCUT2D eigenvalue weighted by molar-refractivity contribution is -0.144. The number of nitrogens with two attached hydrogens (primary N) is 1. The van der Waals surface area contributed by atoms with Crippen molar-refractivity contribution in [1.82, 2.24) is 24.9 Å². The Hall–Kier alpha value is -2.44. The first kappa shape index (κ1) is 39.6. The van der Waals surface area contributed by atoms with Crippen LogP contribution in [-0.2, 0) is 33.4 Å². The normalized spacial score (nSPS) is 17.4. The van der Waals surface area contributed by atoms with Crippen LogP contribution in [0.4, 0.5) is 0 Å². The molecule has 16 nitrogen and oxygen atoms in total. The van der Waals surface area contributed by atoms with Crippen LogP contribution in [0.1, 0.15) is 26.2 Å². The van der Waals surface area contributed by atoms with Gasteiger partial charge in [0.2, 0.25) is 5.91 Å². The van der Waals surface area contributed by atoms with Crippen LogP contribution in [0.25, 0.3) is 0 Å². The summed E-state index contributed by atoms with van der Waals surface area (Å²) in [5, 5.41) is 31.6. The zero-order chi connectivity index (χ0) is 32.6. The molecule has 1 aliphatic heterocycles. The molecule has 6 N–H and O–H groups in total. The van der Waals surface area contributed by atoms with Gasteiger partial charge in [-0.3, -0.25) is 33.9 Å². The summed E-state index contributed by atoms with van der Waals surface area (Å²) in [5.41, 5.74) is 5.34. The molecular formula is C28H54N6O10. The molecule has 256 valence electrons. The Morgan fingerprint density at radius 2 is 1.20 bits per heavy atom. The first-order valence-electron chi connectivity index (χ1n) is 15.4. The summed E-state index contributed by atoms with van der Waals surface area (Å²) in [6.07, 6.45) is 0.997. The molecule has 1 fully saturated rings. The maximum Gasteiger partial charge on any atom is 0.320 e. The molecule has 1 saturated heterocycles. The second kappa shape index (κ2) is 24.8. The van der Waals surface area contributed by atoms with Crippen LogP contribution in [0.15, 0.2) is 0 Å². The molecule has 0 spiro atoms. The third-order valence-corrected chi connectivity index (χ3v) is 7.07. The van der Waals surface area contributed by atoms with E-state index in [9.17, 15) is 34.5 Å². The van der Waals surface area contributed by atoms with Gasteiger partial charge in [-0.15, -0.1) is 0 Å².